The van der Waals surface area contributed by atoms with E-state index >= 15 is 0 Å². The van der Waals surface area contributed by atoms with Crippen LogP contribution >= 0.6 is 0 Å². The summed E-state index contributed by atoms with van der Waals surface area (Å²) in [5, 5.41) is 0. The first-order valence-electron chi connectivity index (χ1n) is 8.91. The number of fused-ring (bicyclic) bond motifs is 2. The standard InChI is InChI=1S/C20H21N4O3.BrH/c1-13-23(9-10-27-2)17-18(24(13)12-14-11-21-7-8-22-14)20(26)16-6-4-3-5-15(16)19(17)25;/h3-8,11,17-18H,9-10,12H2,1-2H3;1H/q+1;/p-1. The molecule has 2 unspecified atom stereocenters. The highest BCUT2D eigenvalue weighted by Crippen LogP contribution is 2.31. The molecule has 0 amide bonds. The van der Waals surface area contributed by atoms with Crippen molar-refractivity contribution in [1.29, 1.82) is 0 Å². The minimum Gasteiger partial charge on any atom is -1.00 e. The number of hydrogen-bond donors (Lipinski definition) is 0. The Labute approximate surface area is 173 Å². The predicted octanol–water partition coefficient (Wildman–Crippen LogP) is -1.81. The summed E-state index contributed by atoms with van der Waals surface area (Å²) in [5.41, 5.74) is 1.75. The van der Waals surface area contributed by atoms with Gasteiger partial charge in [0.15, 0.2) is 0 Å². The number of nitrogens with zero attached hydrogens (tertiary/aromatic N) is 4. The molecule has 0 bridgehead atoms. The molecule has 0 N–H and O–H groups in total. The van der Waals surface area contributed by atoms with E-state index in [1.165, 1.54) is 0 Å². The van der Waals surface area contributed by atoms with Crippen molar-refractivity contribution in [2.45, 2.75) is 25.6 Å². The SMILES string of the molecule is COCCN1C(C)=[N+](Cc2cnccn2)C2C(=O)c3ccccc3C(=O)C21.[Br-]. The van der Waals surface area contributed by atoms with E-state index in [2.05, 4.69) is 9.97 Å². The summed E-state index contributed by atoms with van der Waals surface area (Å²) in [6.07, 6.45) is 4.93. The fourth-order valence-electron chi connectivity index (χ4n) is 4.00. The summed E-state index contributed by atoms with van der Waals surface area (Å²) in [6, 6.07) is 5.96. The molecule has 0 fully saturated rings. The highest BCUT2D eigenvalue weighted by atomic mass is 79.9. The largest absolute Gasteiger partial charge is 1.00 e. The van der Waals surface area contributed by atoms with Crippen LogP contribution in [0.1, 0.15) is 33.3 Å². The van der Waals surface area contributed by atoms with Gasteiger partial charge in [-0.15, -0.1) is 0 Å². The molecule has 1 aliphatic carbocycles. The van der Waals surface area contributed by atoms with Crippen molar-refractivity contribution >= 4 is 17.4 Å². The number of carbonyl (C=O) groups is 2. The molecular weight excluding hydrogens is 424 g/mol. The summed E-state index contributed by atoms with van der Waals surface area (Å²) >= 11 is 0. The lowest BCUT2D eigenvalue weighted by molar-refractivity contribution is -0.559. The number of hydrogen-bond acceptors (Lipinski definition) is 6. The van der Waals surface area contributed by atoms with Crippen molar-refractivity contribution in [3.8, 4) is 0 Å². The Balaban J connectivity index is 0.00000225. The molecule has 0 saturated heterocycles. The molecule has 1 aromatic heterocycles. The molecule has 2 aliphatic rings. The molecular formula is C20H21BrN4O3. The maximum Gasteiger partial charge on any atom is 0.245 e. The maximum atomic E-state index is 13.3. The van der Waals surface area contributed by atoms with E-state index < -0.39 is 12.1 Å². The first-order valence-corrected chi connectivity index (χ1v) is 8.91. The van der Waals surface area contributed by atoms with Gasteiger partial charge in [0.2, 0.25) is 29.5 Å². The molecule has 1 aliphatic heterocycles. The van der Waals surface area contributed by atoms with Gasteiger partial charge in [0.05, 0.1) is 18.5 Å². The number of amidine groups is 1. The number of rotatable bonds is 5. The third-order valence-electron chi connectivity index (χ3n) is 5.28. The Kier molecular flexibility index (Phi) is 6.00. The maximum absolute atomic E-state index is 13.3. The number of ketones is 2. The molecule has 4 rings (SSSR count). The summed E-state index contributed by atoms with van der Waals surface area (Å²) < 4.78 is 7.20. The van der Waals surface area contributed by atoms with Gasteiger partial charge in [0, 0.05) is 37.6 Å². The van der Waals surface area contributed by atoms with Crippen molar-refractivity contribution in [3.63, 3.8) is 0 Å². The van der Waals surface area contributed by atoms with Crippen LogP contribution in [-0.4, -0.2) is 69.2 Å². The summed E-state index contributed by atoms with van der Waals surface area (Å²) in [6.45, 7) is 3.38. The van der Waals surface area contributed by atoms with E-state index in [0.717, 1.165) is 11.5 Å². The van der Waals surface area contributed by atoms with Gasteiger partial charge in [-0.2, -0.15) is 0 Å². The van der Waals surface area contributed by atoms with Crippen LogP contribution in [0.2, 0.25) is 0 Å². The van der Waals surface area contributed by atoms with E-state index in [1.54, 1.807) is 50.0 Å². The zero-order valence-electron chi connectivity index (χ0n) is 15.7. The predicted molar refractivity (Wildman–Crippen MR) is 97.9 cm³/mol. The fourth-order valence-corrected chi connectivity index (χ4v) is 4.00. The minimum atomic E-state index is -0.564. The number of benzene rings is 1. The van der Waals surface area contributed by atoms with Gasteiger partial charge in [-0.05, 0) is 0 Å². The number of Topliss-reactive ketones (excluding diaryl/α,β-unsaturated/α-hetero) is 2. The molecule has 2 aromatic rings. The van der Waals surface area contributed by atoms with Crippen LogP contribution in [-0.2, 0) is 11.3 Å². The molecule has 2 heterocycles. The van der Waals surface area contributed by atoms with Crippen molar-refractivity contribution in [2.24, 2.45) is 0 Å². The number of carbonyl (C=O) groups excluding carboxylic acids is 2. The molecule has 0 spiro atoms. The van der Waals surface area contributed by atoms with E-state index in [4.69, 9.17) is 4.74 Å². The van der Waals surface area contributed by atoms with Crippen LogP contribution in [0.5, 0.6) is 0 Å². The second-order valence-electron chi connectivity index (χ2n) is 6.72. The number of methoxy groups -OCH3 is 1. The van der Waals surface area contributed by atoms with Crippen LogP contribution in [0.4, 0.5) is 0 Å². The highest BCUT2D eigenvalue weighted by Gasteiger charge is 2.57. The topological polar surface area (TPSA) is 75.4 Å². The van der Waals surface area contributed by atoms with Gasteiger partial charge in [-0.3, -0.25) is 19.6 Å². The average Bonchev–Trinajstić information content (AvgIpc) is 2.97. The first kappa shape index (κ1) is 20.3. The minimum absolute atomic E-state index is 0. The van der Waals surface area contributed by atoms with Crippen molar-refractivity contribution in [3.05, 3.63) is 59.7 Å². The molecule has 7 nitrogen and oxygen atoms in total. The molecule has 8 heteroatoms. The van der Waals surface area contributed by atoms with Gasteiger partial charge < -0.3 is 21.7 Å². The zero-order valence-corrected chi connectivity index (χ0v) is 17.3. The molecule has 2 atom stereocenters. The Morgan fingerprint density at radius 2 is 1.86 bits per heavy atom. The molecule has 28 heavy (non-hydrogen) atoms. The van der Waals surface area contributed by atoms with Crippen LogP contribution in [0.15, 0.2) is 42.9 Å². The van der Waals surface area contributed by atoms with Gasteiger partial charge in [-0.1, -0.05) is 24.3 Å². The number of ether oxygens (including phenoxy) is 1. The molecule has 0 radical (unpaired) electrons. The monoisotopic (exact) mass is 444 g/mol. The third-order valence-corrected chi connectivity index (χ3v) is 5.28. The molecule has 0 saturated carbocycles. The normalized spacial score (nSPS) is 20.7. The van der Waals surface area contributed by atoms with Crippen LogP contribution in [0.25, 0.3) is 0 Å². The lowest BCUT2D eigenvalue weighted by Crippen LogP contribution is -3.00. The van der Waals surface area contributed by atoms with E-state index in [-0.39, 0.29) is 28.5 Å². The average molecular weight is 445 g/mol. The van der Waals surface area contributed by atoms with Gasteiger partial charge in [0.25, 0.3) is 0 Å². The second-order valence-corrected chi connectivity index (χ2v) is 6.72. The summed E-state index contributed by atoms with van der Waals surface area (Å²) in [7, 11) is 1.63. The van der Waals surface area contributed by atoms with Gasteiger partial charge >= 0.3 is 0 Å². The van der Waals surface area contributed by atoms with Crippen molar-refractivity contribution in [2.75, 3.05) is 20.3 Å². The van der Waals surface area contributed by atoms with Crippen LogP contribution < -0.4 is 17.0 Å². The van der Waals surface area contributed by atoms with Gasteiger partial charge in [0.1, 0.15) is 13.1 Å². The highest BCUT2D eigenvalue weighted by molar-refractivity contribution is 6.20. The Hall–Kier alpha value is -2.45. The Morgan fingerprint density at radius 1 is 1.14 bits per heavy atom. The van der Waals surface area contributed by atoms with Crippen LogP contribution in [0.3, 0.4) is 0 Å². The van der Waals surface area contributed by atoms with E-state index in [0.29, 0.717) is 30.8 Å². The smallest absolute Gasteiger partial charge is 0.245 e. The third kappa shape index (κ3) is 3.27. The molecule has 146 valence electrons. The van der Waals surface area contributed by atoms with Gasteiger partial charge in [-0.25, -0.2) is 9.48 Å². The number of aromatic nitrogens is 2. The van der Waals surface area contributed by atoms with Crippen molar-refractivity contribution in [1.82, 2.24) is 14.9 Å². The quantitative estimate of drug-likeness (QED) is 0.506. The van der Waals surface area contributed by atoms with E-state index in [1.807, 2.05) is 16.4 Å². The Morgan fingerprint density at radius 3 is 2.50 bits per heavy atom. The van der Waals surface area contributed by atoms with Crippen molar-refractivity contribution < 1.29 is 35.9 Å². The lowest BCUT2D eigenvalue weighted by atomic mass is 9.82. The summed E-state index contributed by atoms with van der Waals surface area (Å²) in [5.74, 6) is 0.827. The first-order chi connectivity index (χ1) is 13.1. The summed E-state index contributed by atoms with van der Waals surface area (Å²) in [4.78, 5) is 37.0. The zero-order chi connectivity index (χ0) is 19.0. The number of halogens is 1. The second kappa shape index (κ2) is 8.28. The lowest BCUT2D eigenvalue weighted by Gasteiger charge is -2.27. The van der Waals surface area contributed by atoms with Crippen LogP contribution in [0, 0.1) is 0 Å². The van der Waals surface area contributed by atoms with E-state index in [9.17, 15) is 9.59 Å². The molecule has 1 aromatic carbocycles. The Bertz CT molecular complexity index is 932. The fraction of sp³-hybridized carbons (Fsp3) is 0.350.